The molecular formula is C15H28N2O3. The van der Waals surface area contributed by atoms with E-state index >= 15 is 0 Å². The van der Waals surface area contributed by atoms with E-state index in [2.05, 4.69) is 19.2 Å². The van der Waals surface area contributed by atoms with Crippen molar-refractivity contribution < 1.29 is 14.7 Å². The van der Waals surface area contributed by atoms with Gasteiger partial charge in [-0.2, -0.15) is 0 Å². The van der Waals surface area contributed by atoms with Crippen LogP contribution in [0.15, 0.2) is 0 Å². The summed E-state index contributed by atoms with van der Waals surface area (Å²) in [5, 5.41) is 12.0. The number of carbonyl (C=O) groups excluding carboxylic acids is 1. The summed E-state index contributed by atoms with van der Waals surface area (Å²) in [6, 6.07) is -0.909. The van der Waals surface area contributed by atoms with Crippen molar-refractivity contribution in [1.82, 2.24) is 10.2 Å². The van der Waals surface area contributed by atoms with E-state index in [1.165, 1.54) is 0 Å². The van der Waals surface area contributed by atoms with Crippen molar-refractivity contribution in [3.05, 3.63) is 0 Å². The molecule has 5 heteroatoms. The maximum Gasteiger partial charge on any atom is 0.326 e. The van der Waals surface area contributed by atoms with Crippen LogP contribution in [0.1, 0.15) is 47.5 Å². The molecule has 1 rings (SSSR count). The summed E-state index contributed by atoms with van der Waals surface area (Å²) in [5.74, 6) is -0.139. The Morgan fingerprint density at radius 3 is 2.45 bits per heavy atom. The monoisotopic (exact) mass is 284 g/mol. The Bertz CT molecular complexity index is 359. The Hall–Kier alpha value is -1.26. The zero-order valence-electron chi connectivity index (χ0n) is 13.2. The first-order valence-corrected chi connectivity index (χ1v) is 7.57. The van der Waals surface area contributed by atoms with Gasteiger partial charge in [-0.1, -0.05) is 34.1 Å². The first kappa shape index (κ1) is 16.8. The van der Waals surface area contributed by atoms with Gasteiger partial charge in [0.2, 0.25) is 0 Å². The minimum atomic E-state index is -0.960. The molecule has 20 heavy (non-hydrogen) atoms. The molecule has 1 aliphatic rings. The zero-order valence-corrected chi connectivity index (χ0v) is 13.2. The van der Waals surface area contributed by atoms with Gasteiger partial charge in [0.1, 0.15) is 6.04 Å². The molecule has 0 aromatic heterocycles. The number of likely N-dealkylation sites (tertiary alicyclic amines) is 1. The molecule has 0 radical (unpaired) electrons. The van der Waals surface area contributed by atoms with Crippen molar-refractivity contribution in [3.8, 4) is 0 Å². The molecule has 3 unspecified atom stereocenters. The van der Waals surface area contributed by atoms with Crippen molar-refractivity contribution >= 4 is 12.0 Å². The smallest absolute Gasteiger partial charge is 0.326 e. The van der Waals surface area contributed by atoms with Crippen LogP contribution in [0, 0.1) is 17.8 Å². The Kier molecular flexibility index (Phi) is 5.84. The normalized spacial score (nSPS) is 29.6. The maximum atomic E-state index is 12.4. The topological polar surface area (TPSA) is 69.6 Å². The molecule has 5 nitrogen and oxygen atoms in total. The number of rotatable bonds is 4. The summed E-state index contributed by atoms with van der Waals surface area (Å²) < 4.78 is 0. The van der Waals surface area contributed by atoms with E-state index in [4.69, 9.17) is 0 Å². The fourth-order valence-corrected chi connectivity index (χ4v) is 2.88. The molecule has 0 saturated carbocycles. The van der Waals surface area contributed by atoms with Gasteiger partial charge in [0.15, 0.2) is 0 Å². The van der Waals surface area contributed by atoms with E-state index in [-0.39, 0.29) is 18.0 Å². The third-order valence-corrected chi connectivity index (χ3v) is 4.62. The largest absolute Gasteiger partial charge is 0.480 e. The summed E-state index contributed by atoms with van der Waals surface area (Å²) >= 11 is 0. The van der Waals surface area contributed by atoms with Crippen LogP contribution in [0.25, 0.3) is 0 Å². The molecule has 1 fully saturated rings. The van der Waals surface area contributed by atoms with Crippen LogP contribution in [0.2, 0.25) is 0 Å². The van der Waals surface area contributed by atoms with E-state index in [9.17, 15) is 14.7 Å². The molecule has 5 atom stereocenters. The van der Waals surface area contributed by atoms with Crippen molar-refractivity contribution in [3.63, 3.8) is 0 Å². The van der Waals surface area contributed by atoms with Crippen molar-refractivity contribution in [2.24, 2.45) is 17.8 Å². The Morgan fingerprint density at radius 1 is 1.35 bits per heavy atom. The number of hydrogen-bond donors (Lipinski definition) is 2. The van der Waals surface area contributed by atoms with Crippen LogP contribution in [-0.4, -0.2) is 40.6 Å². The molecule has 2 amide bonds. The molecule has 0 bridgehead atoms. The van der Waals surface area contributed by atoms with Crippen LogP contribution in [0.3, 0.4) is 0 Å². The highest BCUT2D eigenvalue weighted by molar-refractivity contribution is 5.83. The number of carboxylic acids is 1. The third kappa shape index (κ3) is 3.87. The molecule has 0 aromatic carbocycles. The Balaban J connectivity index is 2.75. The Labute approximate surface area is 121 Å². The van der Waals surface area contributed by atoms with Crippen LogP contribution in [0.4, 0.5) is 4.79 Å². The minimum absolute atomic E-state index is 0.0774. The summed E-state index contributed by atoms with van der Waals surface area (Å²) in [6.45, 7) is 10.8. The van der Waals surface area contributed by atoms with Gasteiger partial charge >= 0.3 is 12.0 Å². The van der Waals surface area contributed by atoms with E-state index in [1.54, 1.807) is 4.90 Å². The molecule has 1 heterocycles. The number of amides is 2. The lowest BCUT2D eigenvalue weighted by atomic mass is 9.86. The minimum Gasteiger partial charge on any atom is -0.480 e. The highest BCUT2D eigenvalue weighted by Gasteiger charge is 2.34. The lowest BCUT2D eigenvalue weighted by Crippen LogP contribution is -2.56. The highest BCUT2D eigenvalue weighted by Crippen LogP contribution is 2.27. The number of piperidine rings is 1. The maximum absolute atomic E-state index is 12.4. The zero-order chi connectivity index (χ0) is 15.4. The predicted octanol–water partition coefficient (Wildman–Crippen LogP) is 2.56. The van der Waals surface area contributed by atoms with E-state index in [0.717, 1.165) is 12.8 Å². The molecule has 0 aliphatic carbocycles. The van der Waals surface area contributed by atoms with E-state index in [0.29, 0.717) is 18.4 Å². The first-order valence-electron chi connectivity index (χ1n) is 7.57. The van der Waals surface area contributed by atoms with Gasteiger partial charge in [-0.3, -0.25) is 0 Å². The lowest BCUT2D eigenvalue weighted by molar-refractivity contribution is -0.140. The fraction of sp³-hybridized carbons (Fsp3) is 0.867. The highest BCUT2D eigenvalue weighted by atomic mass is 16.4. The van der Waals surface area contributed by atoms with Crippen molar-refractivity contribution in [1.29, 1.82) is 0 Å². The van der Waals surface area contributed by atoms with Gasteiger partial charge in [-0.15, -0.1) is 0 Å². The quantitative estimate of drug-likeness (QED) is 0.833. The molecule has 1 saturated heterocycles. The van der Waals surface area contributed by atoms with Crippen molar-refractivity contribution in [2.75, 3.05) is 6.54 Å². The van der Waals surface area contributed by atoms with Gasteiger partial charge in [-0.05, 0) is 31.1 Å². The molecule has 1 aliphatic heterocycles. The number of carboxylic acid groups (broad SMARTS) is 1. The van der Waals surface area contributed by atoms with Crippen molar-refractivity contribution in [2.45, 2.75) is 59.5 Å². The molecule has 0 aromatic rings. The van der Waals surface area contributed by atoms with Gasteiger partial charge in [0.25, 0.3) is 0 Å². The van der Waals surface area contributed by atoms with Crippen LogP contribution in [-0.2, 0) is 4.79 Å². The number of nitrogens with one attached hydrogen (secondary N) is 1. The van der Waals surface area contributed by atoms with Crippen LogP contribution in [0.5, 0.6) is 0 Å². The molecule has 0 spiro atoms. The SMILES string of the molecule is CC[C@H](C)[C@H](NC(=O)N1CC(C)CC(C)C1C)C(=O)O. The average Bonchev–Trinajstić information content (AvgIpc) is 2.38. The standard InChI is InChI=1S/C15H28N2O3/c1-6-10(3)13(14(18)19)16-15(20)17-8-9(2)7-11(4)12(17)5/h9-13H,6-8H2,1-5H3,(H,16,20)(H,18,19)/t9?,10-,11?,12?,13-/m0/s1. The van der Waals surface area contributed by atoms with Gasteiger partial charge in [-0.25, -0.2) is 9.59 Å². The summed E-state index contributed by atoms with van der Waals surface area (Å²) in [6.07, 6.45) is 1.83. The number of hydrogen-bond acceptors (Lipinski definition) is 2. The fourth-order valence-electron chi connectivity index (χ4n) is 2.88. The second-order valence-electron chi connectivity index (χ2n) is 6.36. The van der Waals surface area contributed by atoms with Crippen LogP contribution >= 0.6 is 0 Å². The van der Waals surface area contributed by atoms with E-state index < -0.39 is 12.0 Å². The number of nitrogens with zero attached hydrogens (tertiary/aromatic N) is 1. The molecular weight excluding hydrogens is 256 g/mol. The number of carbonyl (C=O) groups is 2. The summed E-state index contributed by atoms with van der Waals surface area (Å²) in [7, 11) is 0. The number of aliphatic carboxylic acids is 1. The second-order valence-corrected chi connectivity index (χ2v) is 6.36. The third-order valence-electron chi connectivity index (χ3n) is 4.62. The number of urea groups is 1. The van der Waals surface area contributed by atoms with Gasteiger partial charge in [0.05, 0.1) is 0 Å². The molecule has 2 N–H and O–H groups in total. The van der Waals surface area contributed by atoms with Gasteiger partial charge in [0, 0.05) is 12.6 Å². The Morgan fingerprint density at radius 2 is 1.95 bits per heavy atom. The lowest BCUT2D eigenvalue weighted by Gasteiger charge is -2.41. The second kappa shape index (κ2) is 6.95. The van der Waals surface area contributed by atoms with Crippen LogP contribution < -0.4 is 5.32 Å². The summed E-state index contributed by atoms with van der Waals surface area (Å²) in [4.78, 5) is 25.5. The predicted molar refractivity (Wildman–Crippen MR) is 78.5 cm³/mol. The van der Waals surface area contributed by atoms with E-state index in [1.807, 2.05) is 20.8 Å². The average molecular weight is 284 g/mol. The first-order chi connectivity index (χ1) is 9.27. The molecule has 116 valence electrons. The van der Waals surface area contributed by atoms with Gasteiger partial charge < -0.3 is 15.3 Å². The summed E-state index contributed by atoms with van der Waals surface area (Å²) in [5.41, 5.74) is 0.